The van der Waals surface area contributed by atoms with Crippen LogP contribution in [0.25, 0.3) is 0 Å². The van der Waals surface area contributed by atoms with E-state index < -0.39 is 0 Å². The average molecular weight is 297 g/mol. The van der Waals surface area contributed by atoms with E-state index in [9.17, 15) is 0 Å². The van der Waals surface area contributed by atoms with Crippen molar-refractivity contribution in [3.05, 3.63) is 0 Å². The molecule has 0 aromatic rings. The van der Waals surface area contributed by atoms with E-state index in [4.69, 9.17) is 0 Å². The maximum absolute atomic E-state index is 2.56. The summed E-state index contributed by atoms with van der Waals surface area (Å²) in [6.45, 7) is 9.53. The van der Waals surface area contributed by atoms with Gasteiger partial charge in [-0.05, 0) is 24.7 Å². The smallest absolute Gasteiger partial charge is 0.0326 e. The molecule has 0 aliphatic carbocycles. The first-order valence-electron chi connectivity index (χ1n) is 10.2. The highest BCUT2D eigenvalue weighted by Gasteiger charge is 2.21. The van der Waals surface area contributed by atoms with Gasteiger partial charge in [0.2, 0.25) is 0 Å². The van der Waals surface area contributed by atoms with Crippen LogP contribution in [0.2, 0.25) is 0 Å². The maximum Gasteiger partial charge on any atom is -0.0326 e. The Balaban J connectivity index is 3.73. The van der Waals surface area contributed by atoms with Crippen LogP contribution in [-0.4, -0.2) is 0 Å². The molecule has 0 aromatic heterocycles. The Hall–Kier alpha value is 0. The largest absolute Gasteiger partial charge is 0.0654 e. The fourth-order valence-corrected chi connectivity index (χ4v) is 3.64. The fraction of sp³-hybridized carbons (Fsp3) is 1.00. The lowest BCUT2D eigenvalue weighted by Gasteiger charge is -2.29. The quantitative estimate of drug-likeness (QED) is 0.251. The summed E-state index contributed by atoms with van der Waals surface area (Å²) in [4.78, 5) is 0. The standard InChI is InChI=1S/C21H44/c1-5-8-10-12-14-16-19-21(4,18-7-3)20-17-15-13-11-9-6-2/h5-20H2,1-4H3. The van der Waals surface area contributed by atoms with Crippen LogP contribution in [-0.2, 0) is 0 Å². The van der Waals surface area contributed by atoms with E-state index >= 15 is 0 Å². The lowest BCUT2D eigenvalue weighted by molar-refractivity contribution is 0.228. The van der Waals surface area contributed by atoms with Gasteiger partial charge in [0, 0.05) is 0 Å². The predicted molar refractivity (Wildman–Crippen MR) is 99.0 cm³/mol. The van der Waals surface area contributed by atoms with Gasteiger partial charge in [-0.1, -0.05) is 111 Å². The van der Waals surface area contributed by atoms with Gasteiger partial charge < -0.3 is 0 Å². The van der Waals surface area contributed by atoms with Crippen LogP contribution in [0.4, 0.5) is 0 Å². The molecule has 0 rings (SSSR count). The summed E-state index contributed by atoms with van der Waals surface area (Å²) in [6.07, 6.45) is 23.1. The molecule has 0 fully saturated rings. The van der Waals surface area contributed by atoms with Crippen LogP contribution < -0.4 is 0 Å². The molecule has 0 aromatic carbocycles. The van der Waals surface area contributed by atoms with E-state index in [1.54, 1.807) is 0 Å². The normalized spacial score (nSPS) is 12.0. The van der Waals surface area contributed by atoms with E-state index in [1.807, 2.05) is 0 Å². The Bertz CT molecular complexity index is 178. The summed E-state index contributed by atoms with van der Waals surface area (Å²) in [6, 6.07) is 0. The lowest BCUT2D eigenvalue weighted by atomic mass is 9.76. The highest BCUT2D eigenvalue weighted by Crippen LogP contribution is 2.36. The zero-order valence-electron chi connectivity index (χ0n) is 15.8. The van der Waals surface area contributed by atoms with Gasteiger partial charge in [-0.25, -0.2) is 0 Å². The minimum absolute atomic E-state index is 0.643. The Morgan fingerprint density at radius 1 is 0.429 bits per heavy atom. The number of hydrogen-bond acceptors (Lipinski definition) is 0. The predicted octanol–water partition coefficient (Wildman–Crippen LogP) is 8.29. The third-order valence-corrected chi connectivity index (χ3v) is 5.12. The van der Waals surface area contributed by atoms with E-state index in [0.29, 0.717) is 5.41 Å². The molecular weight excluding hydrogens is 252 g/mol. The van der Waals surface area contributed by atoms with Crippen LogP contribution in [0.1, 0.15) is 130 Å². The zero-order valence-corrected chi connectivity index (χ0v) is 15.8. The van der Waals surface area contributed by atoms with Gasteiger partial charge in [0.1, 0.15) is 0 Å². The second-order valence-electron chi connectivity index (χ2n) is 7.60. The molecule has 0 saturated carbocycles. The highest BCUT2D eigenvalue weighted by molar-refractivity contribution is 4.74. The lowest BCUT2D eigenvalue weighted by Crippen LogP contribution is -2.16. The first kappa shape index (κ1) is 21.0. The molecule has 0 aliphatic rings. The summed E-state index contributed by atoms with van der Waals surface area (Å²) < 4.78 is 0. The molecular formula is C21H44. The summed E-state index contributed by atoms with van der Waals surface area (Å²) in [5.41, 5.74) is 0.643. The summed E-state index contributed by atoms with van der Waals surface area (Å²) in [5, 5.41) is 0. The van der Waals surface area contributed by atoms with Crippen LogP contribution in [0.5, 0.6) is 0 Å². The van der Waals surface area contributed by atoms with Crippen LogP contribution in [0.3, 0.4) is 0 Å². The van der Waals surface area contributed by atoms with Crippen molar-refractivity contribution in [1.29, 1.82) is 0 Å². The summed E-state index contributed by atoms with van der Waals surface area (Å²) in [5.74, 6) is 0. The van der Waals surface area contributed by atoms with Gasteiger partial charge in [-0.2, -0.15) is 0 Å². The first-order valence-corrected chi connectivity index (χ1v) is 10.2. The zero-order chi connectivity index (χ0) is 15.8. The van der Waals surface area contributed by atoms with Gasteiger partial charge in [-0.15, -0.1) is 0 Å². The van der Waals surface area contributed by atoms with Crippen molar-refractivity contribution in [1.82, 2.24) is 0 Å². The average Bonchev–Trinajstić information content (AvgIpc) is 2.47. The van der Waals surface area contributed by atoms with Crippen molar-refractivity contribution >= 4 is 0 Å². The molecule has 0 atom stereocenters. The van der Waals surface area contributed by atoms with Crippen molar-refractivity contribution in [3.63, 3.8) is 0 Å². The van der Waals surface area contributed by atoms with Gasteiger partial charge in [0.15, 0.2) is 0 Å². The second-order valence-corrected chi connectivity index (χ2v) is 7.60. The SMILES string of the molecule is CCCCCCCCC(C)(CCC)CCCCCCCC. The Kier molecular flexibility index (Phi) is 14.9. The molecule has 0 saturated heterocycles. The minimum Gasteiger partial charge on any atom is -0.0654 e. The third-order valence-electron chi connectivity index (χ3n) is 5.12. The number of unbranched alkanes of at least 4 members (excludes halogenated alkanes) is 10. The molecule has 0 heterocycles. The van der Waals surface area contributed by atoms with E-state index in [2.05, 4.69) is 27.7 Å². The molecule has 0 bridgehead atoms. The molecule has 128 valence electrons. The molecule has 0 amide bonds. The molecule has 0 spiro atoms. The van der Waals surface area contributed by atoms with Gasteiger partial charge in [0.05, 0.1) is 0 Å². The molecule has 0 heteroatoms. The topological polar surface area (TPSA) is 0 Å². The highest BCUT2D eigenvalue weighted by atomic mass is 14.3. The minimum atomic E-state index is 0.643. The van der Waals surface area contributed by atoms with Crippen molar-refractivity contribution in [2.24, 2.45) is 5.41 Å². The molecule has 0 aliphatic heterocycles. The monoisotopic (exact) mass is 296 g/mol. The van der Waals surface area contributed by atoms with Crippen LogP contribution >= 0.6 is 0 Å². The van der Waals surface area contributed by atoms with Crippen LogP contribution in [0, 0.1) is 5.41 Å². The summed E-state index contributed by atoms with van der Waals surface area (Å²) in [7, 11) is 0. The Labute approximate surface area is 136 Å². The van der Waals surface area contributed by atoms with E-state index in [-0.39, 0.29) is 0 Å². The molecule has 0 unspecified atom stereocenters. The molecule has 21 heavy (non-hydrogen) atoms. The molecule has 0 radical (unpaired) electrons. The van der Waals surface area contributed by atoms with E-state index in [1.165, 1.54) is 103 Å². The van der Waals surface area contributed by atoms with Crippen LogP contribution in [0.15, 0.2) is 0 Å². The third kappa shape index (κ3) is 13.4. The van der Waals surface area contributed by atoms with Gasteiger partial charge in [0.25, 0.3) is 0 Å². The maximum atomic E-state index is 2.56. The molecule has 0 nitrogen and oxygen atoms in total. The van der Waals surface area contributed by atoms with E-state index in [0.717, 1.165) is 0 Å². The first-order chi connectivity index (χ1) is 10.2. The van der Waals surface area contributed by atoms with Crippen molar-refractivity contribution < 1.29 is 0 Å². The number of hydrogen-bond donors (Lipinski definition) is 0. The summed E-state index contributed by atoms with van der Waals surface area (Å²) >= 11 is 0. The van der Waals surface area contributed by atoms with Gasteiger partial charge >= 0.3 is 0 Å². The molecule has 0 N–H and O–H groups in total. The van der Waals surface area contributed by atoms with Crippen molar-refractivity contribution in [2.45, 2.75) is 130 Å². The van der Waals surface area contributed by atoms with Gasteiger partial charge in [-0.3, -0.25) is 0 Å². The number of rotatable bonds is 16. The fourth-order valence-electron chi connectivity index (χ4n) is 3.64. The Morgan fingerprint density at radius 3 is 1.19 bits per heavy atom. The van der Waals surface area contributed by atoms with Crippen molar-refractivity contribution in [3.8, 4) is 0 Å². The van der Waals surface area contributed by atoms with Crippen molar-refractivity contribution in [2.75, 3.05) is 0 Å². The second kappa shape index (κ2) is 14.9. The Morgan fingerprint density at radius 2 is 0.810 bits per heavy atom.